The van der Waals surface area contributed by atoms with Crippen LogP contribution in [0.25, 0.3) is 0 Å². The molecule has 0 N–H and O–H groups in total. The second-order valence-corrected chi connectivity index (χ2v) is 3.56. The summed E-state index contributed by atoms with van der Waals surface area (Å²) in [7, 11) is 0. The Morgan fingerprint density at radius 1 is 0.875 bits per heavy atom. The molecule has 2 aromatic heterocycles. The summed E-state index contributed by atoms with van der Waals surface area (Å²) in [5, 5.41) is 0.386. The van der Waals surface area contributed by atoms with Crippen molar-refractivity contribution in [3.05, 3.63) is 46.5 Å². The molecule has 16 heavy (non-hydrogen) atoms. The van der Waals surface area contributed by atoms with Crippen LogP contribution in [0, 0.1) is 0 Å². The Morgan fingerprint density at radius 3 is 1.69 bits per heavy atom. The molecule has 5 nitrogen and oxygen atoms in total. The molecule has 0 unspecified atom stereocenters. The van der Waals surface area contributed by atoms with Crippen LogP contribution in [-0.2, 0) is 0 Å². The number of carbonyl (C=O) groups is 1. The van der Waals surface area contributed by atoms with Crippen molar-refractivity contribution in [2.24, 2.45) is 0 Å². The molecule has 0 aliphatic carbocycles. The number of ketones is 1. The van der Waals surface area contributed by atoms with Crippen LogP contribution in [0.2, 0.25) is 10.3 Å². The first kappa shape index (κ1) is 10.9. The predicted octanol–water partition coefficient (Wildman–Crippen LogP) is 1.80. The molecule has 0 radical (unpaired) electrons. The topological polar surface area (TPSA) is 68.6 Å². The van der Waals surface area contributed by atoms with E-state index in [4.69, 9.17) is 23.2 Å². The molecular weight excluding hydrogens is 251 g/mol. The summed E-state index contributed by atoms with van der Waals surface area (Å²) in [6, 6.07) is 2.72. The van der Waals surface area contributed by atoms with Crippen LogP contribution < -0.4 is 0 Å². The zero-order valence-electron chi connectivity index (χ0n) is 7.76. The lowest BCUT2D eigenvalue weighted by atomic mass is 10.2. The third-order valence-corrected chi connectivity index (χ3v) is 2.15. The molecule has 0 amide bonds. The molecular formula is C9H4Cl2N4O. The maximum atomic E-state index is 11.9. The van der Waals surface area contributed by atoms with E-state index in [1.54, 1.807) is 0 Å². The summed E-state index contributed by atoms with van der Waals surface area (Å²) in [6.45, 7) is 0. The molecule has 2 rings (SSSR count). The summed E-state index contributed by atoms with van der Waals surface area (Å²) in [5.74, 6) is -0.381. The van der Waals surface area contributed by atoms with E-state index >= 15 is 0 Å². The van der Waals surface area contributed by atoms with Gasteiger partial charge >= 0.3 is 0 Å². The first-order valence-electron chi connectivity index (χ1n) is 4.16. The van der Waals surface area contributed by atoms with E-state index in [1.807, 2.05) is 0 Å². The average Bonchev–Trinajstić information content (AvgIpc) is 2.28. The van der Waals surface area contributed by atoms with E-state index in [0.717, 1.165) is 0 Å². The Hall–Kier alpha value is -1.59. The largest absolute Gasteiger partial charge is 0.285 e. The number of hydrogen-bond donors (Lipinski definition) is 0. The van der Waals surface area contributed by atoms with E-state index < -0.39 is 0 Å². The first-order valence-corrected chi connectivity index (χ1v) is 4.92. The van der Waals surface area contributed by atoms with Crippen LogP contribution in [0.1, 0.15) is 16.2 Å². The zero-order chi connectivity index (χ0) is 11.5. The van der Waals surface area contributed by atoms with Gasteiger partial charge in [-0.2, -0.15) is 0 Å². The lowest BCUT2D eigenvalue weighted by Crippen LogP contribution is -2.07. The fraction of sp³-hybridized carbons (Fsp3) is 0. The van der Waals surface area contributed by atoms with Crippen LogP contribution in [0.5, 0.6) is 0 Å². The maximum absolute atomic E-state index is 11.9. The average molecular weight is 255 g/mol. The monoisotopic (exact) mass is 254 g/mol. The number of carbonyl (C=O) groups excluding carboxylic acids is 1. The highest BCUT2D eigenvalue weighted by molar-refractivity contribution is 6.30. The Kier molecular flexibility index (Phi) is 3.07. The molecule has 2 heterocycles. The van der Waals surface area contributed by atoms with Gasteiger partial charge in [-0.1, -0.05) is 23.2 Å². The van der Waals surface area contributed by atoms with Gasteiger partial charge in [0, 0.05) is 12.1 Å². The molecule has 0 atom stereocenters. The van der Waals surface area contributed by atoms with E-state index in [-0.39, 0.29) is 27.5 Å². The Labute approximate surface area is 101 Å². The molecule has 0 saturated carbocycles. The number of rotatable bonds is 2. The Balaban J connectivity index is 2.39. The van der Waals surface area contributed by atoms with Crippen molar-refractivity contribution in [3.63, 3.8) is 0 Å². The maximum Gasteiger partial charge on any atom is 0.229 e. The van der Waals surface area contributed by atoms with Crippen molar-refractivity contribution >= 4 is 29.0 Å². The van der Waals surface area contributed by atoms with Gasteiger partial charge in [-0.05, 0) is 0 Å². The molecule has 0 aliphatic rings. The fourth-order valence-corrected chi connectivity index (χ4v) is 1.34. The van der Waals surface area contributed by atoms with Crippen molar-refractivity contribution in [2.75, 3.05) is 0 Å². The SMILES string of the molecule is O=C(c1cc(Cl)ncn1)c1cc(Cl)ncn1. The van der Waals surface area contributed by atoms with Crippen molar-refractivity contribution in [3.8, 4) is 0 Å². The summed E-state index contributed by atoms with van der Waals surface area (Å²) < 4.78 is 0. The summed E-state index contributed by atoms with van der Waals surface area (Å²) in [6.07, 6.45) is 2.41. The normalized spacial score (nSPS) is 10.1. The highest BCUT2D eigenvalue weighted by Crippen LogP contribution is 2.11. The van der Waals surface area contributed by atoms with Crippen molar-refractivity contribution in [1.29, 1.82) is 0 Å². The first-order chi connectivity index (χ1) is 7.66. The van der Waals surface area contributed by atoms with Gasteiger partial charge in [0.2, 0.25) is 5.78 Å². The third-order valence-electron chi connectivity index (χ3n) is 1.73. The molecule has 0 saturated heterocycles. The molecule has 0 bridgehead atoms. The summed E-state index contributed by atoms with van der Waals surface area (Å²) in [4.78, 5) is 26.8. The van der Waals surface area contributed by atoms with E-state index in [0.29, 0.717) is 0 Å². The highest BCUT2D eigenvalue weighted by Gasteiger charge is 2.13. The van der Waals surface area contributed by atoms with Crippen LogP contribution in [0.4, 0.5) is 0 Å². The smallest absolute Gasteiger partial charge is 0.229 e. The third kappa shape index (κ3) is 2.32. The second kappa shape index (κ2) is 4.51. The summed E-state index contributed by atoms with van der Waals surface area (Å²) >= 11 is 11.3. The van der Waals surface area contributed by atoms with Gasteiger partial charge in [-0.15, -0.1) is 0 Å². The number of aromatic nitrogens is 4. The van der Waals surface area contributed by atoms with Gasteiger partial charge in [0.1, 0.15) is 34.3 Å². The van der Waals surface area contributed by atoms with Crippen LogP contribution in [-0.4, -0.2) is 25.7 Å². The number of halogens is 2. The van der Waals surface area contributed by atoms with Gasteiger partial charge in [0.25, 0.3) is 0 Å². The predicted molar refractivity (Wildman–Crippen MR) is 57.5 cm³/mol. The minimum absolute atomic E-state index is 0.162. The highest BCUT2D eigenvalue weighted by atomic mass is 35.5. The zero-order valence-corrected chi connectivity index (χ0v) is 9.27. The lowest BCUT2D eigenvalue weighted by Gasteiger charge is -1.99. The minimum Gasteiger partial charge on any atom is -0.285 e. The van der Waals surface area contributed by atoms with Crippen molar-refractivity contribution in [1.82, 2.24) is 19.9 Å². The summed E-state index contributed by atoms with van der Waals surface area (Å²) in [5.41, 5.74) is 0.324. The van der Waals surface area contributed by atoms with Crippen molar-refractivity contribution < 1.29 is 4.79 Å². The van der Waals surface area contributed by atoms with E-state index in [9.17, 15) is 4.79 Å². The van der Waals surface area contributed by atoms with Gasteiger partial charge in [-0.25, -0.2) is 19.9 Å². The van der Waals surface area contributed by atoms with Gasteiger partial charge in [0.05, 0.1) is 0 Å². The van der Waals surface area contributed by atoms with Crippen LogP contribution in [0.3, 0.4) is 0 Å². The van der Waals surface area contributed by atoms with Crippen LogP contribution >= 0.6 is 23.2 Å². The molecule has 80 valence electrons. The second-order valence-electron chi connectivity index (χ2n) is 2.78. The van der Waals surface area contributed by atoms with E-state index in [1.165, 1.54) is 24.8 Å². The Bertz CT molecular complexity index is 499. The standard InChI is InChI=1S/C9H4Cl2N4O/c10-7-1-5(12-3-14-7)9(16)6-2-8(11)15-4-13-6/h1-4H. The molecule has 0 aliphatic heterocycles. The van der Waals surface area contributed by atoms with Crippen molar-refractivity contribution in [2.45, 2.75) is 0 Å². The van der Waals surface area contributed by atoms with E-state index in [2.05, 4.69) is 19.9 Å². The Morgan fingerprint density at radius 2 is 1.31 bits per heavy atom. The number of nitrogens with zero attached hydrogens (tertiary/aromatic N) is 4. The van der Waals surface area contributed by atoms with Gasteiger partial charge < -0.3 is 0 Å². The van der Waals surface area contributed by atoms with Crippen LogP contribution in [0.15, 0.2) is 24.8 Å². The fourth-order valence-electron chi connectivity index (χ4n) is 1.05. The molecule has 0 aromatic carbocycles. The number of hydrogen-bond acceptors (Lipinski definition) is 5. The van der Waals surface area contributed by atoms with Gasteiger partial charge in [-0.3, -0.25) is 4.79 Å². The van der Waals surface area contributed by atoms with Gasteiger partial charge in [0.15, 0.2) is 0 Å². The minimum atomic E-state index is -0.381. The molecule has 2 aromatic rings. The quantitative estimate of drug-likeness (QED) is 0.604. The molecule has 0 fully saturated rings. The lowest BCUT2D eigenvalue weighted by molar-refractivity contribution is 0.102. The molecule has 7 heteroatoms. The molecule has 0 spiro atoms.